The third kappa shape index (κ3) is 6.29. The standard InChI is InChI=1S/C30H36N8O5S/c1-2-42-12-10-23(39)4-3-13-44(40,41)37-11-9-20-14-19(5-6-22(20)17-37)16-38-29-26(28(31)33-18-34-29)27(36-38)21-7-8-25-24(15-21)35-30(32)43-25/h5-8,14-15,18,26,28H,2-4,9-13,16-17,31H2,1H3,(H2,32,35). The van der Waals surface area contributed by atoms with Gasteiger partial charge >= 0.3 is 0 Å². The van der Waals surface area contributed by atoms with Crippen molar-refractivity contribution < 1.29 is 22.4 Å². The minimum absolute atomic E-state index is 0.0284. The Morgan fingerprint density at radius 1 is 1.16 bits per heavy atom. The van der Waals surface area contributed by atoms with E-state index in [1.807, 2.05) is 42.3 Å². The molecule has 0 saturated carbocycles. The van der Waals surface area contributed by atoms with Gasteiger partial charge in [0.05, 0.1) is 30.5 Å². The number of carbonyl (C=O) groups excluding carboxylic acids is 1. The van der Waals surface area contributed by atoms with Gasteiger partial charge in [-0.15, -0.1) is 0 Å². The van der Waals surface area contributed by atoms with E-state index in [9.17, 15) is 13.2 Å². The Hall–Kier alpha value is -3.98. The molecule has 2 aromatic carbocycles. The Morgan fingerprint density at radius 2 is 2.02 bits per heavy atom. The highest BCUT2D eigenvalue weighted by molar-refractivity contribution is 7.89. The monoisotopic (exact) mass is 620 g/mol. The number of nitrogens with zero attached hydrogens (tertiary/aromatic N) is 6. The predicted molar refractivity (Wildman–Crippen MR) is 168 cm³/mol. The molecule has 3 aromatic rings. The van der Waals surface area contributed by atoms with Crippen molar-refractivity contribution in [1.29, 1.82) is 0 Å². The van der Waals surface area contributed by atoms with Gasteiger partial charge in [0.25, 0.3) is 6.01 Å². The zero-order valence-corrected chi connectivity index (χ0v) is 25.4. The molecule has 44 heavy (non-hydrogen) atoms. The van der Waals surface area contributed by atoms with Gasteiger partial charge in [-0.25, -0.2) is 18.4 Å². The number of carbonyl (C=O) groups is 1. The van der Waals surface area contributed by atoms with Gasteiger partial charge in [-0.05, 0) is 54.7 Å². The summed E-state index contributed by atoms with van der Waals surface area (Å²) in [6.45, 7) is 4.00. The quantitative estimate of drug-likeness (QED) is 0.287. The van der Waals surface area contributed by atoms with E-state index in [2.05, 4.69) is 21.0 Å². The zero-order valence-electron chi connectivity index (χ0n) is 24.6. The topological polar surface area (TPSA) is 182 Å². The number of rotatable bonds is 12. The molecule has 0 aliphatic carbocycles. The maximum absolute atomic E-state index is 13.0. The van der Waals surface area contributed by atoms with E-state index in [0.29, 0.717) is 69.0 Å². The van der Waals surface area contributed by atoms with Gasteiger partial charge in [0.15, 0.2) is 5.58 Å². The first-order valence-corrected chi connectivity index (χ1v) is 16.4. The number of oxazole rings is 1. The van der Waals surface area contributed by atoms with Crippen LogP contribution in [0.4, 0.5) is 6.01 Å². The van der Waals surface area contributed by atoms with Crippen LogP contribution in [-0.2, 0) is 39.1 Å². The molecule has 2 unspecified atom stereocenters. The number of aromatic nitrogens is 1. The number of ketones is 1. The number of amidine groups is 1. The molecular formula is C30H36N8O5S. The highest BCUT2D eigenvalue weighted by atomic mass is 32.2. The molecule has 13 nitrogen and oxygen atoms in total. The largest absolute Gasteiger partial charge is 0.424 e. The lowest BCUT2D eigenvalue weighted by Gasteiger charge is -2.29. The molecule has 14 heteroatoms. The lowest BCUT2D eigenvalue weighted by Crippen LogP contribution is -2.42. The van der Waals surface area contributed by atoms with Crippen molar-refractivity contribution >= 4 is 50.8 Å². The summed E-state index contributed by atoms with van der Waals surface area (Å²) in [6.07, 6.45) is 2.42. The van der Waals surface area contributed by atoms with Crippen LogP contribution >= 0.6 is 0 Å². The van der Waals surface area contributed by atoms with Crippen molar-refractivity contribution in [3.05, 3.63) is 58.7 Å². The Bertz CT molecular complexity index is 1770. The second-order valence-electron chi connectivity index (χ2n) is 11.1. The molecule has 0 saturated heterocycles. The summed E-state index contributed by atoms with van der Waals surface area (Å²) < 4.78 is 38.2. The van der Waals surface area contributed by atoms with Crippen LogP contribution in [0.25, 0.3) is 11.1 Å². The van der Waals surface area contributed by atoms with Gasteiger partial charge < -0.3 is 20.6 Å². The zero-order chi connectivity index (χ0) is 30.8. The van der Waals surface area contributed by atoms with E-state index >= 15 is 0 Å². The summed E-state index contributed by atoms with van der Waals surface area (Å²) >= 11 is 0. The highest BCUT2D eigenvalue weighted by Crippen LogP contribution is 2.31. The maximum atomic E-state index is 13.0. The summed E-state index contributed by atoms with van der Waals surface area (Å²) in [4.78, 5) is 25.1. The second kappa shape index (κ2) is 12.6. The fourth-order valence-electron chi connectivity index (χ4n) is 5.83. The van der Waals surface area contributed by atoms with E-state index in [1.165, 1.54) is 10.6 Å². The minimum atomic E-state index is -3.47. The number of anilines is 1. The van der Waals surface area contributed by atoms with Crippen LogP contribution in [0.3, 0.4) is 0 Å². The summed E-state index contributed by atoms with van der Waals surface area (Å²) in [6, 6.07) is 11.8. The number of ether oxygens (including phenoxy) is 1. The van der Waals surface area contributed by atoms with Crippen LogP contribution in [-0.4, -0.2) is 78.1 Å². The Morgan fingerprint density at radius 3 is 2.86 bits per heavy atom. The first-order valence-electron chi connectivity index (χ1n) is 14.8. The lowest BCUT2D eigenvalue weighted by atomic mass is 9.93. The van der Waals surface area contributed by atoms with Crippen molar-refractivity contribution in [3.63, 3.8) is 0 Å². The van der Waals surface area contributed by atoms with Crippen LogP contribution in [0.15, 0.2) is 55.9 Å². The number of sulfonamides is 1. The van der Waals surface area contributed by atoms with Gasteiger partial charge in [0, 0.05) is 38.1 Å². The summed E-state index contributed by atoms with van der Waals surface area (Å²) in [5, 5.41) is 6.78. The number of Topliss-reactive ketones (excluding diaryl/α,β-unsaturated/α-hetero) is 1. The van der Waals surface area contributed by atoms with Gasteiger partial charge in [-0.3, -0.25) is 9.79 Å². The summed E-state index contributed by atoms with van der Waals surface area (Å²) in [5.74, 6) is 0.384. The fourth-order valence-corrected chi connectivity index (χ4v) is 7.30. The molecule has 4 heterocycles. The Labute approximate surface area is 255 Å². The van der Waals surface area contributed by atoms with Crippen LogP contribution in [0.1, 0.15) is 48.4 Å². The van der Waals surface area contributed by atoms with Crippen LogP contribution in [0.5, 0.6) is 0 Å². The van der Waals surface area contributed by atoms with Gasteiger partial charge in [-0.1, -0.05) is 18.2 Å². The summed E-state index contributed by atoms with van der Waals surface area (Å²) in [5.41, 5.74) is 18.0. The normalized spacial score (nSPS) is 20.0. The molecule has 0 bridgehead atoms. The molecule has 232 valence electrons. The fraction of sp³-hybridized carbons (Fsp3) is 0.433. The van der Waals surface area contributed by atoms with E-state index in [0.717, 1.165) is 28.0 Å². The number of benzene rings is 2. The lowest BCUT2D eigenvalue weighted by molar-refractivity contribution is -0.120. The molecule has 0 radical (unpaired) electrons. The number of hydrogen-bond donors (Lipinski definition) is 2. The molecular weight excluding hydrogens is 584 g/mol. The first-order chi connectivity index (χ1) is 21.2. The van der Waals surface area contributed by atoms with E-state index in [-0.39, 0.29) is 29.9 Å². The van der Waals surface area contributed by atoms with Crippen LogP contribution in [0, 0.1) is 5.92 Å². The predicted octanol–water partition coefficient (Wildman–Crippen LogP) is 2.44. The van der Waals surface area contributed by atoms with E-state index < -0.39 is 16.2 Å². The molecule has 0 spiro atoms. The molecule has 6 rings (SSSR count). The van der Waals surface area contributed by atoms with Gasteiger partial charge in [0.1, 0.15) is 29.6 Å². The number of nitrogen functional groups attached to an aromatic ring is 1. The van der Waals surface area contributed by atoms with Crippen molar-refractivity contribution in [3.8, 4) is 0 Å². The average molecular weight is 621 g/mol. The maximum Gasteiger partial charge on any atom is 0.292 e. The Balaban J connectivity index is 1.13. The molecule has 0 fully saturated rings. The molecule has 2 atom stereocenters. The van der Waals surface area contributed by atoms with Crippen molar-refractivity contribution in [2.45, 2.75) is 51.9 Å². The molecule has 3 aliphatic heterocycles. The average Bonchev–Trinajstić information content (AvgIpc) is 3.56. The smallest absolute Gasteiger partial charge is 0.292 e. The van der Waals surface area contributed by atoms with Gasteiger partial charge in [-0.2, -0.15) is 14.4 Å². The molecule has 3 aliphatic rings. The number of nitrogens with two attached hydrogens (primary N) is 2. The van der Waals surface area contributed by atoms with E-state index in [1.54, 1.807) is 0 Å². The molecule has 4 N–H and O–H groups in total. The number of hydrazone groups is 1. The highest BCUT2D eigenvalue weighted by Gasteiger charge is 2.40. The first kappa shape index (κ1) is 30.1. The van der Waals surface area contributed by atoms with Crippen LogP contribution in [0.2, 0.25) is 0 Å². The summed E-state index contributed by atoms with van der Waals surface area (Å²) in [7, 11) is -3.47. The number of aliphatic imine (C=N–C) groups is 2. The van der Waals surface area contributed by atoms with Crippen molar-refractivity contribution in [2.24, 2.45) is 26.7 Å². The van der Waals surface area contributed by atoms with Gasteiger partial charge in [0.2, 0.25) is 10.0 Å². The minimum Gasteiger partial charge on any atom is -0.424 e. The Kier molecular flexibility index (Phi) is 8.58. The van der Waals surface area contributed by atoms with Crippen molar-refractivity contribution in [1.82, 2.24) is 14.3 Å². The molecule has 1 aromatic heterocycles. The number of hydrogen-bond acceptors (Lipinski definition) is 12. The molecule has 0 amide bonds. The van der Waals surface area contributed by atoms with E-state index in [4.69, 9.17) is 25.7 Å². The van der Waals surface area contributed by atoms with Crippen molar-refractivity contribution in [2.75, 3.05) is 31.2 Å². The number of fused-ring (bicyclic) bond motifs is 3. The third-order valence-corrected chi connectivity index (χ3v) is 10.00. The van der Waals surface area contributed by atoms with Crippen LogP contribution < -0.4 is 11.5 Å². The second-order valence-corrected chi connectivity index (χ2v) is 13.2. The SMILES string of the molecule is CCOCCC(=O)CCCS(=O)(=O)N1CCc2cc(CN3N=C(c4ccc5oc(N)nc5c4)C4C3=NC=NC4N)ccc2C1. The third-order valence-electron chi connectivity index (χ3n) is 8.10.